The molecule has 4 rings (SSSR count). The maximum atomic E-state index is 13.2. The molecule has 0 aliphatic carbocycles. The lowest BCUT2D eigenvalue weighted by molar-refractivity contribution is -0.160. The second-order valence-corrected chi connectivity index (χ2v) is 12.1. The molecule has 0 N–H and O–H groups in total. The number of amides is 1. The molecule has 1 aromatic heterocycles. The van der Waals surface area contributed by atoms with E-state index in [4.69, 9.17) is 18.6 Å². The van der Waals surface area contributed by atoms with Gasteiger partial charge in [-0.3, -0.25) is 4.90 Å². The van der Waals surface area contributed by atoms with Gasteiger partial charge in [-0.25, -0.2) is 14.6 Å². The number of benzene rings is 2. The zero-order valence-electron chi connectivity index (χ0n) is 24.5. The maximum Gasteiger partial charge on any atom is 0.411 e. The zero-order chi connectivity index (χ0) is 29.1. The highest BCUT2D eigenvalue weighted by atomic mass is 16.6. The van der Waals surface area contributed by atoms with Gasteiger partial charge in [-0.05, 0) is 91.1 Å². The van der Waals surface area contributed by atoms with Crippen molar-refractivity contribution in [2.75, 3.05) is 6.61 Å². The van der Waals surface area contributed by atoms with Crippen LogP contribution >= 0.6 is 0 Å². The van der Waals surface area contributed by atoms with Crippen molar-refractivity contribution in [3.05, 3.63) is 71.6 Å². The van der Waals surface area contributed by atoms with Crippen LogP contribution < -0.4 is 4.74 Å². The Bertz CT molecular complexity index is 1300. The summed E-state index contributed by atoms with van der Waals surface area (Å²) >= 11 is 0. The predicted molar refractivity (Wildman–Crippen MR) is 152 cm³/mol. The summed E-state index contributed by atoms with van der Waals surface area (Å²) < 4.78 is 23.2. The van der Waals surface area contributed by atoms with Gasteiger partial charge in [0.2, 0.25) is 5.89 Å². The Kier molecular flexibility index (Phi) is 8.57. The van der Waals surface area contributed by atoms with Crippen molar-refractivity contribution in [1.82, 2.24) is 9.88 Å². The molecule has 1 amide bonds. The van der Waals surface area contributed by atoms with Crippen molar-refractivity contribution in [1.29, 1.82) is 0 Å². The Morgan fingerprint density at radius 2 is 1.57 bits per heavy atom. The van der Waals surface area contributed by atoms with Crippen LogP contribution in [0.15, 0.2) is 59.0 Å². The lowest BCUT2D eigenvalue weighted by atomic mass is 10.0. The third-order valence-electron chi connectivity index (χ3n) is 6.45. The molecule has 3 aromatic rings. The monoisotopic (exact) mass is 548 g/mol. The number of aryl methyl sites for hydroxylation is 1. The Morgan fingerprint density at radius 3 is 2.20 bits per heavy atom. The highest BCUT2D eigenvalue weighted by molar-refractivity contribution is 5.83. The largest absolute Gasteiger partial charge is 0.493 e. The number of hydrogen-bond donors (Lipinski definition) is 0. The fraction of sp³-hybridized carbons (Fsp3) is 0.469. The second kappa shape index (κ2) is 11.7. The smallest absolute Gasteiger partial charge is 0.411 e. The maximum absolute atomic E-state index is 13.2. The number of carbonyl (C=O) groups excluding carboxylic acids is 2. The van der Waals surface area contributed by atoms with Gasteiger partial charge in [-0.2, -0.15) is 0 Å². The van der Waals surface area contributed by atoms with E-state index < -0.39 is 29.3 Å². The molecule has 1 fully saturated rings. The third kappa shape index (κ3) is 7.43. The summed E-state index contributed by atoms with van der Waals surface area (Å²) in [7, 11) is 0. The average Bonchev–Trinajstić information content (AvgIpc) is 3.47. The van der Waals surface area contributed by atoms with E-state index in [2.05, 4.69) is 4.98 Å². The van der Waals surface area contributed by atoms with E-state index in [0.717, 1.165) is 22.6 Å². The molecular weight excluding hydrogens is 508 g/mol. The molecule has 0 bridgehead atoms. The van der Waals surface area contributed by atoms with Crippen LogP contribution in [0.2, 0.25) is 0 Å². The van der Waals surface area contributed by atoms with Crippen molar-refractivity contribution < 1.29 is 28.2 Å². The van der Waals surface area contributed by atoms with E-state index in [1.807, 2.05) is 103 Å². The molecule has 0 spiro atoms. The first-order valence-electron chi connectivity index (χ1n) is 13.8. The number of nitrogens with zero attached hydrogens (tertiary/aromatic N) is 2. The summed E-state index contributed by atoms with van der Waals surface area (Å²) in [6.07, 6.45) is 1.21. The van der Waals surface area contributed by atoms with Gasteiger partial charge >= 0.3 is 12.1 Å². The van der Waals surface area contributed by atoms with Crippen LogP contribution in [0.4, 0.5) is 4.79 Å². The molecule has 8 heteroatoms. The van der Waals surface area contributed by atoms with Gasteiger partial charge in [-0.15, -0.1) is 0 Å². The molecule has 0 unspecified atom stereocenters. The van der Waals surface area contributed by atoms with Crippen molar-refractivity contribution in [3.8, 4) is 17.2 Å². The quantitative estimate of drug-likeness (QED) is 0.292. The van der Waals surface area contributed by atoms with Gasteiger partial charge in [0.25, 0.3) is 0 Å². The molecule has 1 aliphatic heterocycles. The van der Waals surface area contributed by atoms with Crippen molar-refractivity contribution in [2.24, 2.45) is 0 Å². The second-order valence-electron chi connectivity index (χ2n) is 12.1. The Hall–Kier alpha value is -3.81. The third-order valence-corrected chi connectivity index (χ3v) is 6.45. The first-order valence-corrected chi connectivity index (χ1v) is 13.8. The lowest BCUT2D eigenvalue weighted by Gasteiger charge is -2.33. The molecule has 2 heterocycles. The molecule has 8 nitrogen and oxygen atoms in total. The minimum atomic E-state index is -0.707. The highest BCUT2D eigenvalue weighted by Crippen LogP contribution is 2.39. The number of likely N-dealkylation sites (tertiary alicyclic amines) is 1. The van der Waals surface area contributed by atoms with E-state index in [0.29, 0.717) is 37.5 Å². The van der Waals surface area contributed by atoms with E-state index in [1.165, 1.54) is 4.90 Å². The van der Waals surface area contributed by atoms with E-state index in [1.54, 1.807) is 0 Å². The minimum Gasteiger partial charge on any atom is -0.493 e. The molecule has 2 atom stereocenters. The van der Waals surface area contributed by atoms with Crippen LogP contribution in [0.1, 0.15) is 77.4 Å². The summed E-state index contributed by atoms with van der Waals surface area (Å²) in [5.74, 6) is 1.67. The van der Waals surface area contributed by atoms with Crippen LogP contribution in [0, 0.1) is 6.92 Å². The molecule has 0 saturated carbocycles. The standard InChI is InChI=1S/C32H40N2O6/c1-21-25(33-28(38-21)23-11-9-8-10-12-23)19-20-37-24-15-13-22(14-16-24)26-17-18-27(29(35)39-31(2,3)4)34(26)30(36)40-32(5,6)7/h8-16,26-27H,17-20H2,1-7H3/t26-,27-/m0/s1. The number of ether oxygens (including phenoxy) is 3. The van der Waals surface area contributed by atoms with Gasteiger partial charge in [0.05, 0.1) is 18.3 Å². The normalized spacial score (nSPS) is 17.5. The first kappa shape index (κ1) is 29.2. The summed E-state index contributed by atoms with van der Waals surface area (Å²) in [6.45, 7) is 13.2. The number of oxazole rings is 1. The van der Waals surface area contributed by atoms with Gasteiger partial charge in [0.1, 0.15) is 28.8 Å². The highest BCUT2D eigenvalue weighted by Gasteiger charge is 2.45. The zero-order valence-corrected chi connectivity index (χ0v) is 24.5. The number of esters is 1. The van der Waals surface area contributed by atoms with Gasteiger partial charge < -0.3 is 18.6 Å². The molecule has 40 heavy (non-hydrogen) atoms. The Morgan fingerprint density at radius 1 is 0.925 bits per heavy atom. The van der Waals surface area contributed by atoms with E-state index in [9.17, 15) is 9.59 Å². The predicted octanol–water partition coefficient (Wildman–Crippen LogP) is 7.05. The Labute approximate surface area is 236 Å². The number of hydrogen-bond acceptors (Lipinski definition) is 7. The Balaban J connectivity index is 1.42. The fourth-order valence-electron chi connectivity index (χ4n) is 4.72. The topological polar surface area (TPSA) is 91.1 Å². The van der Waals surface area contributed by atoms with Gasteiger partial charge in [0.15, 0.2) is 0 Å². The van der Waals surface area contributed by atoms with Crippen LogP contribution in [-0.2, 0) is 20.7 Å². The van der Waals surface area contributed by atoms with Crippen LogP contribution in [0.25, 0.3) is 11.5 Å². The summed E-state index contributed by atoms with van der Waals surface area (Å²) in [6, 6.07) is 16.4. The van der Waals surface area contributed by atoms with E-state index in [-0.39, 0.29) is 6.04 Å². The number of aromatic nitrogens is 1. The molecular formula is C32H40N2O6. The molecule has 1 saturated heterocycles. The van der Waals surface area contributed by atoms with Crippen LogP contribution in [0.3, 0.4) is 0 Å². The molecule has 214 valence electrons. The summed E-state index contributed by atoms with van der Waals surface area (Å²) in [5, 5.41) is 0. The van der Waals surface area contributed by atoms with Gasteiger partial charge in [-0.1, -0.05) is 30.3 Å². The SMILES string of the molecule is Cc1oc(-c2ccccc2)nc1CCOc1ccc([C@@H]2CC[C@@H](C(=O)OC(C)(C)C)N2C(=O)OC(C)(C)C)cc1. The fourth-order valence-corrected chi connectivity index (χ4v) is 4.72. The van der Waals surface area contributed by atoms with Crippen LogP contribution in [-0.4, -0.2) is 45.8 Å². The van der Waals surface area contributed by atoms with Crippen molar-refractivity contribution in [3.63, 3.8) is 0 Å². The van der Waals surface area contributed by atoms with E-state index >= 15 is 0 Å². The molecule has 0 radical (unpaired) electrons. The lowest BCUT2D eigenvalue weighted by Crippen LogP contribution is -2.46. The van der Waals surface area contributed by atoms with Crippen LogP contribution in [0.5, 0.6) is 5.75 Å². The first-order chi connectivity index (χ1) is 18.8. The number of rotatable bonds is 7. The summed E-state index contributed by atoms with van der Waals surface area (Å²) in [4.78, 5) is 32.4. The molecule has 1 aliphatic rings. The number of carbonyl (C=O) groups is 2. The average molecular weight is 549 g/mol. The summed E-state index contributed by atoms with van der Waals surface area (Å²) in [5.41, 5.74) is 1.37. The van der Waals surface area contributed by atoms with Crippen molar-refractivity contribution >= 4 is 12.1 Å². The van der Waals surface area contributed by atoms with Crippen molar-refractivity contribution in [2.45, 2.75) is 91.0 Å². The molecule has 2 aromatic carbocycles. The van der Waals surface area contributed by atoms with Gasteiger partial charge in [0, 0.05) is 12.0 Å². The minimum absolute atomic E-state index is 0.310.